The van der Waals surface area contributed by atoms with Crippen molar-refractivity contribution in [1.82, 2.24) is 4.98 Å². The van der Waals surface area contributed by atoms with Gasteiger partial charge in [-0.15, -0.1) is 0 Å². The van der Waals surface area contributed by atoms with Crippen LogP contribution < -0.4 is 11.5 Å². The van der Waals surface area contributed by atoms with Gasteiger partial charge in [0.05, 0.1) is 0 Å². The van der Waals surface area contributed by atoms with Gasteiger partial charge in [0.1, 0.15) is 12.1 Å². The number of thiol groups is 1. The number of H-pyrrole nitrogens is 1. The SMILES string of the molecule is NC(CS)C(=O)O.NC(Cc1c[nH]c2ccccc12)C(=O)O. The van der Waals surface area contributed by atoms with Crippen molar-refractivity contribution in [2.45, 2.75) is 18.5 Å². The van der Waals surface area contributed by atoms with E-state index in [1.54, 1.807) is 0 Å². The van der Waals surface area contributed by atoms with Gasteiger partial charge in [-0.05, 0) is 11.6 Å². The predicted octanol–water partition coefficient (Wildman–Crippen LogP) is 0.450. The Morgan fingerprint density at radius 1 is 1.14 bits per heavy atom. The minimum absolute atomic E-state index is 0.190. The molecule has 1 heterocycles. The Morgan fingerprint density at radius 3 is 2.23 bits per heavy atom. The summed E-state index contributed by atoms with van der Waals surface area (Å²) in [5.74, 6) is -1.79. The molecule has 2 aromatic rings. The van der Waals surface area contributed by atoms with E-state index in [-0.39, 0.29) is 5.75 Å². The normalized spacial score (nSPS) is 13.0. The maximum absolute atomic E-state index is 10.6. The maximum Gasteiger partial charge on any atom is 0.321 e. The summed E-state index contributed by atoms with van der Waals surface area (Å²) in [5, 5.41) is 17.8. The number of hydrogen-bond acceptors (Lipinski definition) is 5. The molecule has 7 N–H and O–H groups in total. The number of carbonyl (C=O) groups is 2. The van der Waals surface area contributed by atoms with E-state index in [4.69, 9.17) is 21.7 Å². The summed E-state index contributed by atoms with van der Waals surface area (Å²) >= 11 is 3.65. The highest BCUT2D eigenvalue weighted by Crippen LogP contribution is 2.18. The van der Waals surface area contributed by atoms with Crippen LogP contribution >= 0.6 is 12.6 Å². The van der Waals surface area contributed by atoms with Crippen molar-refractivity contribution in [3.05, 3.63) is 36.0 Å². The van der Waals surface area contributed by atoms with E-state index in [0.29, 0.717) is 6.42 Å². The number of carboxylic acids is 2. The van der Waals surface area contributed by atoms with Crippen molar-refractivity contribution in [2.75, 3.05) is 5.75 Å². The van der Waals surface area contributed by atoms with E-state index >= 15 is 0 Å². The van der Waals surface area contributed by atoms with Crippen LogP contribution in [0.15, 0.2) is 30.5 Å². The summed E-state index contributed by atoms with van der Waals surface area (Å²) < 4.78 is 0. The van der Waals surface area contributed by atoms with Crippen LogP contribution in [0.25, 0.3) is 10.9 Å². The van der Waals surface area contributed by atoms with Gasteiger partial charge in [-0.3, -0.25) is 9.59 Å². The van der Waals surface area contributed by atoms with Crippen LogP contribution in [-0.4, -0.2) is 45.0 Å². The standard InChI is InChI=1S/C11H12N2O2.C3H7NO2S/c12-9(11(14)15)5-7-6-13-10-4-2-1-3-8(7)10;4-2(1-7)3(5)6/h1-4,6,9,13H,5,12H2,(H,14,15);2,7H,1,4H2,(H,5,6). The number of nitrogens with two attached hydrogens (primary N) is 2. The zero-order valence-corrected chi connectivity index (χ0v) is 12.7. The highest BCUT2D eigenvalue weighted by atomic mass is 32.1. The number of hydrogen-bond donors (Lipinski definition) is 6. The molecule has 0 saturated carbocycles. The Hall–Kier alpha value is -2.03. The fourth-order valence-corrected chi connectivity index (χ4v) is 1.86. The Morgan fingerprint density at radius 2 is 1.73 bits per heavy atom. The largest absolute Gasteiger partial charge is 0.480 e. The molecule has 0 aliphatic rings. The smallest absolute Gasteiger partial charge is 0.321 e. The summed E-state index contributed by atoms with van der Waals surface area (Å²) in [6, 6.07) is 6.10. The van der Waals surface area contributed by atoms with Crippen molar-refractivity contribution in [1.29, 1.82) is 0 Å². The number of aromatic amines is 1. The van der Waals surface area contributed by atoms with E-state index in [2.05, 4.69) is 17.6 Å². The maximum atomic E-state index is 10.6. The van der Waals surface area contributed by atoms with E-state index < -0.39 is 24.0 Å². The van der Waals surface area contributed by atoms with Gasteiger partial charge in [0.25, 0.3) is 0 Å². The fourth-order valence-electron chi connectivity index (χ4n) is 1.70. The third kappa shape index (κ3) is 5.06. The number of nitrogens with one attached hydrogen (secondary N) is 1. The molecule has 0 amide bonds. The topological polar surface area (TPSA) is 142 Å². The van der Waals surface area contributed by atoms with Gasteiger partial charge in [-0.1, -0.05) is 18.2 Å². The molecular formula is C14H19N3O4S. The van der Waals surface area contributed by atoms with Gasteiger partial charge in [-0.2, -0.15) is 12.6 Å². The highest BCUT2D eigenvalue weighted by molar-refractivity contribution is 7.80. The molecule has 120 valence electrons. The van der Waals surface area contributed by atoms with Gasteiger partial charge < -0.3 is 26.7 Å². The lowest BCUT2D eigenvalue weighted by molar-refractivity contribution is -0.139. The average Bonchev–Trinajstić information content (AvgIpc) is 2.90. The lowest BCUT2D eigenvalue weighted by Gasteiger charge is -2.04. The van der Waals surface area contributed by atoms with Gasteiger partial charge in [0, 0.05) is 29.3 Å². The average molecular weight is 325 g/mol. The molecule has 22 heavy (non-hydrogen) atoms. The Balaban J connectivity index is 0.000000295. The molecule has 1 aromatic carbocycles. The molecule has 0 bridgehead atoms. The van der Waals surface area contributed by atoms with Crippen molar-refractivity contribution < 1.29 is 19.8 Å². The fraction of sp³-hybridized carbons (Fsp3) is 0.286. The monoisotopic (exact) mass is 325 g/mol. The third-order valence-corrected chi connectivity index (χ3v) is 3.34. The molecule has 2 atom stereocenters. The number of fused-ring (bicyclic) bond motifs is 1. The minimum atomic E-state index is -1.00. The minimum Gasteiger partial charge on any atom is -0.480 e. The zero-order valence-electron chi connectivity index (χ0n) is 11.8. The molecule has 7 nitrogen and oxygen atoms in total. The van der Waals surface area contributed by atoms with Crippen LogP contribution in [0.3, 0.4) is 0 Å². The van der Waals surface area contributed by atoms with E-state index in [0.717, 1.165) is 16.5 Å². The second-order valence-electron chi connectivity index (χ2n) is 4.64. The Bertz CT molecular complexity index is 644. The number of para-hydroxylation sites is 1. The quantitative estimate of drug-likeness (QED) is 0.441. The molecule has 0 aliphatic carbocycles. The third-order valence-electron chi connectivity index (χ3n) is 2.95. The van der Waals surface area contributed by atoms with Gasteiger partial charge in [0.15, 0.2) is 0 Å². The lowest BCUT2D eigenvalue weighted by Crippen LogP contribution is -2.32. The van der Waals surface area contributed by atoms with Crippen LogP contribution in [0.5, 0.6) is 0 Å². The van der Waals surface area contributed by atoms with Crippen LogP contribution in [0.4, 0.5) is 0 Å². The summed E-state index contributed by atoms with van der Waals surface area (Å²) in [4.78, 5) is 23.5. The lowest BCUT2D eigenvalue weighted by atomic mass is 10.1. The van der Waals surface area contributed by atoms with E-state index in [1.807, 2.05) is 30.5 Å². The Kier molecular flexibility index (Phi) is 6.90. The number of rotatable bonds is 5. The van der Waals surface area contributed by atoms with Gasteiger partial charge in [0.2, 0.25) is 0 Å². The van der Waals surface area contributed by atoms with Crippen LogP contribution in [0.1, 0.15) is 5.56 Å². The summed E-state index contributed by atoms with van der Waals surface area (Å²) in [7, 11) is 0. The first-order valence-corrected chi connectivity index (χ1v) is 7.12. The van der Waals surface area contributed by atoms with Crippen LogP contribution in [0, 0.1) is 0 Å². The van der Waals surface area contributed by atoms with Gasteiger partial charge in [-0.25, -0.2) is 0 Å². The number of carboxylic acid groups (broad SMARTS) is 2. The first-order valence-electron chi connectivity index (χ1n) is 6.49. The molecule has 0 saturated heterocycles. The summed E-state index contributed by atoms with van der Waals surface area (Å²) in [5.41, 5.74) is 12.4. The second kappa shape index (κ2) is 8.42. The molecule has 8 heteroatoms. The van der Waals surface area contributed by atoms with E-state index in [9.17, 15) is 9.59 Å². The molecule has 0 aliphatic heterocycles. The molecule has 2 rings (SSSR count). The number of benzene rings is 1. The summed E-state index contributed by atoms with van der Waals surface area (Å²) in [6.07, 6.45) is 2.16. The first kappa shape index (κ1) is 18.0. The second-order valence-corrected chi connectivity index (χ2v) is 5.00. The molecule has 0 radical (unpaired) electrons. The molecular weight excluding hydrogens is 306 g/mol. The molecule has 0 spiro atoms. The molecule has 1 aromatic heterocycles. The first-order chi connectivity index (χ1) is 10.4. The van der Waals surface area contributed by atoms with E-state index in [1.165, 1.54) is 0 Å². The van der Waals surface area contributed by atoms with Crippen LogP contribution in [-0.2, 0) is 16.0 Å². The molecule has 0 fully saturated rings. The zero-order chi connectivity index (χ0) is 16.7. The Labute approximate surface area is 132 Å². The van der Waals surface area contributed by atoms with Crippen molar-refractivity contribution in [3.8, 4) is 0 Å². The van der Waals surface area contributed by atoms with Crippen molar-refractivity contribution >= 4 is 35.5 Å². The highest BCUT2D eigenvalue weighted by Gasteiger charge is 2.14. The molecule has 2 unspecified atom stereocenters. The summed E-state index contributed by atoms with van der Waals surface area (Å²) in [6.45, 7) is 0. The van der Waals surface area contributed by atoms with Crippen LogP contribution in [0.2, 0.25) is 0 Å². The number of aliphatic carboxylic acids is 2. The van der Waals surface area contributed by atoms with Gasteiger partial charge >= 0.3 is 11.9 Å². The number of aromatic nitrogens is 1. The van der Waals surface area contributed by atoms with Crippen molar-refractivity contribution in [3.63, 3.8) is 0 Å². The van der Waals surface area contributed by atoms with Crippen molar-refractivity contribution in [2.24, 2.45) is 11.5 Å². The predicted molar refractivity (Wildman–Crippen MR) is 87.1 cm³/mol.